The van der Waals surface area contributed by atoms with Crippen LogP contribution in [0.4, 0.5) is 17.1 Å². The lowest BCUT2D eigenvalue weighted by molar-refractivity contribution is -0.115. The first-order valence-corrected chi connectivity index (χ1v) is 10.8. The van der Waals surface area contributed by atoms with E-state index in [1.54, 1.807) is 24.3 Å². The standard InChI is InChI=1S/C21H18ClN3O3S/c22-16-6-12-20(13-7-16)29(27,28)15-14-21(26)23-17-8-10-19(11-9-17)25-24-18-4-2-1-3-5-18/h1-13H,14-15H2,(H,23,26). The molecule has 1 amide bonds. The summed E-state index contributed by atoms with van der Waals surface area (Å²) in [6, 6.07) is 22.0. The van der Waals surface area contributed by atoms with Crippen molar-refractivity contribution in [2.45, 2.75) is 11.3 Å². The van der Waals surface area contributed by atoms with Crippen LogP contribution >= 0.6 is 11.6 Å². The highest BCUT2D eigenvalue weighted by Crippen LogP contribution is 2.20. The second-order valence-electron chi connectivity index (χ2n) is 6.15. The summed E-state index contributed by atoms with van der Waals surface area (Å²) in [6.45, 7) is 0. The first-order chi connectivity index (χ1) is 13.9. The minimum atomic E-state index is -3.55. The van der Waals surface area contributed by atoms with Crippen molar-refractivity contribution in [1.29, 1.82) is 0 Å². The van der Waals surface area contributed by atoms with E-state index < -0.39 is 9.84 Å². The average Bonchev–Trinajstić information content (AvgIpc) is 2.73. The Morgan fingerprint density at radius 2 is 1.41 bits per heavy atom. The van der Waals surface area contributed by atoms with Gasteiger partial charge in [-0.1, -0.05) is 29.8 Å². The zero-order valence-corrected chi connectivity index (χ0v) is 16.9. The second kappa shape index (κ2) is 9.45. The molecule has 6 nitrogen and oxygen atoms in total. The van der Waals surface area contributed by atoms with Gasteiger partial charge >= 0.3 is 0 Å². The molecule has 0 saturated carbocycles. The summed E-state index contributed by atoms with van der Waals surface area (Å²) in [7, 11) is -3.55. The van der Waals surface area contributed by atoms with Crippen LogP contribution in [0.3, 0.4) is 0 Å². The van der Waals surface area contributed by atoms with Crippen LogP contribution in [0.1, 0.15) is 6.42 Å². The zero-order chi connectivity index (χ0) is 20.7. The molecule has 0 bridgehead atoms. The molecule has 0 aromatic heterocycles. The molecule has 0 aliphatic carbocycles. The Morgan fingerprint density at radius 1 is 0.828 bits per heavy atom. The lowest BCUT2D eigenvalue weighted by Gasteiger charge is -2.07. The Kier molecular flexibility index (Phi) is 6.74. The molecule has 3 aromatic carbocycles. The summed E-state index contributed by atoms with van der Waals surface area (Å²) in [5.41, 5.74) is 1.93. The van der Waals surface area contributed by atoms with Gasteiger partial charge < -0.3 is 5.32 Å². The fraction of sp³-hybridized carbons (Fsp3) is 0.0952. The summed E-state index contributed by atoms with van der Waals surface area (Å²) in [5, 5.41) is 11.4. The molecule has 0 fully saturated rings. The number of rotatable bonds is 7. The highest BCUT2D eigenvalue weighted by molar-refractivity contribution is 7.91. The Labute approximate surface area is 174 Å². The summed E-state index contributed by atoms with van der Waals surface area (Å²) in [4.78, 5) is 12.2. The molecule has 3 aromatic rings. The first kappa shape index (κ1) is 20.7. The number of nitrogens with zero attached hydrogens (tertiary/aromatic N) is 2. The number of hydrogen-bond acceptors (Lipinski definition) is 5. The van der Waals surface area contributed by atoms with E-state index in [2.05, 4.69) is 15.5 Å². The lowest BCUT2D eigenvalue weighted by atomic mass is 10.3. The highest BCUT2D eigenvalue weighted by Gasteiger charge is 2.16. The van der Waals surface area contributed by atoms with Crippen LogP contribution in [0.2, 0.25) is 5.02 Å². The molecule has 148 valence electrons. The maximum absolute atomic E-state index is 12.3. The second-order valence-corrected chi connectivity index (χ2v) is 8.70. The van der Waals surface area contributed by atoms with Gasteiger partial charge in [-0.15, -0.1) is 0 Å². The molecule has 0 atom stereocenters. The van der Waals surface area contributed by atoms with Crippen molar-refractivity contribution in [2.75, 3.05) is 11.1 Å². The normalized spacial score (nSPS) is 11.5. The number of amides is 1. The number of nitrogens with one attached hydrogen (secondary N) is 1. The van der Waals surface area contributed by atoms with E-state index in [1.807, 2.05) is 30.3 Å². The van der Waals surface area contributed by atoms with Gasteiger partial charge in [0.15, 0.2) is 9.84 Å². The van der Waals surface area contributed by atoms with E-state index in [9.17, 15) is 13.2 Å². The minimum absolute atomic E-state index is 0.142. The van der Waals surface area contributed by atoms with Crippen molar-refractivity contribution in [1.82, 2.24) is 0 Å². The molecule has 0 saturated heterocycles. The van der Waals surface area contributed by atoms with Crippen LogP contribution in [-0.4, -0.2) is 20.1 Å². The van der Waals surface area contributed by atoms with Gasteiger partial charge in [0.2, 0.25) is 5.91 Å². The fourth-order valence-electron chi connectivity index (χ4n) is 2.43. The topological polar surface area (TPSA) is 88.0 Å². The molecular weight excluding hydrogens is 410 g/mol. The van der Waals surface area contributed by atoms with Gasteiger partial charge in [-0.05, 0) is 60.7 Å². The van der Waals surface area contributed by atoms with E-state index in [1.165, 1.54) is 24.3 Å². The van der Waals surface area contributed by atoms with Crippen LogP contribution in [-0.2, 0) is 14.6 Å². The number of azo groups is 1. The summed E-state index contributed by atoms with van der Waals surface area (Å²) in [5.74, 6) is -0.676. The van der Waals surface area contributed by atoms with Gasteiger partial charge in [-0.2, -0.15) is 10.2 Å². The molecule has 0 aliphatic rings. The first-order valence-electron chi connectivity index (χ1n) is 8.77. The summed E-state index contributed by atoms with van der Waals surface area (Å²) in [6.07, 6.45) is -0.152. The van der Waals surface area contributed by atoms with E-state index in [0.29, 0.717) is 16.4 Å². The number of anilines is 1. The van der Waals surface area contributed by atoms with Gasteiger partial charge in [0, 0.05) is 17.1 Å². The molecule has 0 spiro atoms. The quantitative estimate of drug-likeness (QED) is 0.501. The van der Waals surface area contributed by atoms with Crippen LogP contribution in [0.25, 0.3) is 0 Å². The molecule has 0 unspecified atom stereocenters. The van der Waals surface area contributed by atoms with Crippen molar-refractivity contribution in [2.24, 2.45) is 10.2 Å². The predicted octanol–water partition coefficient (Wildman–Crippen LogP) is 5.56. The third kappa shape index (κ3) is 6.23. The zero-order valence-electron chi connectivity index (χ0n) is 15.3. The monoisotopic (exact) mass is 427 g/mol. The van der Waals surface area contributed by atoms with Gasteiger partial charge in [0.25, 0.3) is 0 Å². The fourth-order valence-corrected chi connectivity index (χ4v) is 3.80. The number of carbonyl (C=O) groups excluding carboxylic acids is 1. The van der Waals surface area contributed by atoms with Gasteiger partial charge in [0.1, 0.15) is 0 Å². The summed E-state index contributed by atoms with van der Waals surface area (Å²) >= 11 is 5.77. The average molecular weight is 428 g/mol. The van der Waals surface area contributed by atoms with Crippen LogP contribution < -0.4 is 5.32 Å². The smallest absolute Gasteiger partial charge is 0.225 e. The van der Waals surface area contributed by atoms with Crippen LogP contribution in [0.15, 0.2) is 94.0 Å². The Bertz CT molecular complexity index is 1100. The Hall–Kier alpha value is -3.03. The molecule has 0 aliphatic heterocycles. The molecule has 1 N–H and O–H groups in total. The Morgan fingerprint density at radius 3 is 2.03 bits per heavy atom. The molecule has 0 heterocycles. The Balaban J connectivity index is 1.54. The third-order valence-electron chi connectivity index (χ3n) is 3.96. The number of sulfone groups is 1. The lowest BCUT2D eigenvalue weighted by Crippen LogP contribution is -2.17. The van der Waals surface area contributed by atoms with E-state index in [-0.39, 0.29) is 23.0 Å². The molecule has 29 heavy (non-hydrogen) atoms. The van der Waals surface area contributed by atoms with Gasteiger partial charge in [-0.25, -0.2) is 8.42 Å². The van der Waals surface area contributed by atoms with Gasteiger partial charge in [0.05, 0.1) is 22.0 Å². The number of benzene rings is 3. The molecule has 0 radical (unpaired) electrons. The van der Waals surface area contributed by atoms with Crippen molar-refractivity contribution in [3.8, 4) is 0 Å². The maximum Gasteiger partial charge on any atom is 0.225 e. The number of carbonyl (C=O) groups is 1. The van der Waals surface area contributed by atoms with E-state index >= 15 is 0 Å². The van der Waals surface area contributed by atoms with Crippen molar-refractivity contribution in [3.05, 3.63) is 83.9 Å². The van der Waals surface area contributed by atoms with E-state index in [0.717, 1.165) is 5.69 Å². The van der Waals surface area contributed by atoms with Crippen molar-refractivity contribution in [3.63, 3.8) is 0 Å². The predicted molar refractivity (Wildman–Crippen MR) is 114 cm³/mol. The SMILES string of the molecule is O=C(CCS(=O)(=O)c1ccc(Cl)cc1)Nc1ccc(N=Nc2ccccc2)cc1. The third-order valence-corrected chi connectivity index (χ3v) is 5.94. The van der Waals surface area contributed by atoms with Gasteiger partial charge in [-0.3, -0.25) is 4.79 Å². The van der Waals surface area contributed by atoms with Crippen LogP contribution in [0.5, 0.6) is 0 Å². The maximum atomic E-state index is 12.3. The molecule has 3 rings (SSSR count). The molecular formula is C21H18ClN3O3S. The van der Waals surface area contributed by atoms with Crippen molar-refractivity contribution < 1.29 is 13.2 Å². The van der Waals surface area contributed by atoms with Crippen molar-refractivity contribution >= 4 is 44.4 Å². The number of hydrogen-bond donors (Lipinski definition) is 1. The molecule has 8 heteroatoms. The highest BCUT2D eigenvalue weighted by atomic mass is 35.5. The van der Waals surface area contributed by atoms with Crippen LogP contribution in [0, 0.1) is 0 Å². The largest absolute Gasteiger partial charge is 0.326 e. The number of halogens is 1. The van der Waals surface area contributed by atoms with E-state index in [4.69, 9.17) is 11.6 Å². The summed E-state index contributed by atoms with van der Waals surface area (Å²) < 4.78 is 24.6. The minimum Gasteiger partial charge on any atom is -0.326 e.